The van der Waals surface area contributed by atoms with Crippen LogP contribution in [0.5, 0.6) is 0 Å². The molecule has 4 aliphatic carbocycles. The van der Waals surface area contributed by atoms with Crippen molar-refractivity contribution in [2.24, 2.45) is 46.3 Å². The van der Waals surface area contributed by atoms with Gasteiger partial charge in [0.2, 0.25) is 5.91 Å². The summed E-state index contributed by atoms with van der Waals surface area (Å²) in [6.07, 6.45) is 8.85. The van der Waals surface area contributed by atoms with Gasteiger partial charge in [-0.3, -0.25) is 4.79 Å². The first-order chi connectivity index (χ1) is 15.9. The topological polar surface area (TPSA) is 158 Å². The fraction of sp³-hybridized carbons (Fsp3) is 0.962. The Morgan fingerprint density at radius 3 is 2.44 bits per heavy atom. The molecule has 5 N–H and O–H groups in total. The first-order valence-corrected chi connectivity index (χ1v) is 15.0. The van der Waals surface area contributed by atoms with Gasteiger partial charge in [0.15, 0.2) is 0 Å². The summed E-state index contributed by atoms with van der Waals surface area (Å²) in [5.74, 6) is 2.10. The monoisotopic (exact) mass is 539 g/mol. The normalized spacial score (nSPS) is 42.6. The van der Waals surface area contributed by atoms with Crippen LogP contribution in [0, 0.1) is 46.3 Å². The predicted octanol–water partition coefficient (Wildman–Crippen LogP) is -0.766. The van der Waals surface area contributed by atoms with Crippen molar-refractivity contribution < 1.29 is 63.0 Å². The average molecular weight is 540 g/mol. The smallest absolute Gasteiger partial charge is 0.748 e. The van der Waals surface area contributed by atoms with Gasteiger partial charge in [0, 0.05) is 13.0 Å². The fourth-order valence-electron chi connectivity index (χ4n) is 9.12. The summed E-state index contributed by atoms with van der Waals surface area (Å²) in [6, 6.07) is 0. The molecule has 0 bridgehead atoms. The third-order valence-corrected chi connectivity index (χ3v) is 11.7. The molecule has 4 fully saturated rings. The number of rotatable bonds is 7. The minimum Gasteiger partial charge on any atom is -0.748 e. The molecule has 4 saturated carbocycles. The number of nitrogens with one attached hydrogen (secondary N) is 1. The Morgan fingerprint density at radius 2 is 1.78 bits per heavy atom. The van der Waals surface area contributed by atoms with E-state index in [4.69, 9.17) is 0 Å². The van der Waals surface area contributed by atoms with Crippen LogP contribution in [0.15, 0.2) is 0 Å². The van der Waals surface area contributed by atoms with E-state index in [1.807, 2.05) is 0 Å². The number of amides is 1. The van der Waals surface area contributed by atoms with Crippen molar-refractivity contribution in [2.45, 2.75) is 97.2 Å². The molecule has 0 spiro atoms. The van der Waals surface area contributed by atoms with Gasteiger partial charge < -0.3 is 25.6 Å². The Labute approximate surface area is 239 Å². The molecule has 1 amide bonds. The maximum absolute atomic E-state index is 12.2. The Morgan fingerprint density at radius 1 is 1.08 bits per heavy atom. The van der Waals surface area contributed by atoms with Gasteiger partial charge in [0.25, 0.3) is 0 Å². The van der Waals surface area contributed by atoms with Crippen LogP contribution in [0.3, 0.4) is 0 Å². The van der Waals surface area contributed by atoms with Crippen molar-refractivity contribution in [2.75, 3.05) is 12.3 Å². The molecule has 4 aliphatic rings. The van der Waals surface area contributed by atoms with Crippen molar-refractivity contribution in [3.05, 3.63) is 0 Å². The predicted molar refractivity (Wildman–Crippen MR) is 132 cm³/mol. The average Bonchev–Trinajstić information content (AvgIpc) is 3.11. The first kappa shape index (κ1) is 32.5. The zero-order chi connectivity index (χ0) is 24.9. The van der Waals surface area contributed by atoms with Gasteiger partial charge in [0.1, 0.15) is 0 Å². The molecule has 10 heteroatoms. The molecule has 0 aromatic heterocycles. The minimum atomic E-state index is -4.32. The Bertz CT molecular complexity index is 872. The summed E-state index contributed by atoms with van der Waals surface area (Å²) in [6.45, 7) is 6.78. The molecule has 0 saturated heterocycles. The maximum Gasteiger partial charge on any atom is 1.00 e. The summed E-state index contributed by atoms with van der Waals surface area (Å²) in [5, 5.41) is 24.4. The van der Waals surface area contributed by atoms with Crippen LogP contribution in [0.25, 0.3) is 0 Å². The second-order valence-corrected chi connectivity index (χ2v) is 14.0. The number of hydrogen-bond donors (Lipinski definition) is 3. The van der Waals surface area contributed by atoms with Crippen LogP contribution >= 0.6 is 0 Å². The Balaban J connectivity index is 0.00000228. The molecule has 0 aliphatic heterocycles. The summed E-state index contributed by atoms with van der Waals surface area (Å²) < 4.78 is 32.2. The molecule has 0 aromatic rings. The van der Waals surface area contributed by atoms with Crippen molar-refractivity contribution in [3.8, 4) is 0 Å². The van der Waals surface area contributed by atoms with Gasteiger partial charge >= 0.3 is 29.6 Å². The van der Waals surface area contributed by atoms with Gasteiger partial charge in [-0.15, -0.1) is 0 Å². The number of aliphatic hydroxyl groups excluding tert-OH is 2. The van der Waals surface area contributed by atoms with Crippen LogP contribution in [-0.2, 0) is 14.9 Å². The second-order valence-electron chi connectivity index (χ2n) is 12.5. The maximum atomic E-state index is 12.2. The molecule has 0 radical (unpaired) electrons. The summed E-state index contributed by atoms with van der Waals surface area (Å²) in [4.78, 5) is 12.2. The van der Waals surface area contributed by atoms with Crippen LogP contribution in [0.2, 0.25) is 0 Å². The SMILES string of the molecule is C[C@H](CCC(=O)NCCS(=O)(=O)[O-])[C@H]1CC[C@H]2[C@@H]3CC[C@@H]4C[C@H](O)CC[C@]4(C)[C@H]3C[C@H](O)[C@]12C.O.[Na+]. The largest absolute Gasteiger partial charge is 1.00 e. The molecular weight excluding hydrogens is 493 g/mol. The fourth-order valence-corrected chi connectivity index (χ4v) is 9.48. The van der Waals surface area contributed by atoms with Gasteiger partial charge in [-0.1, -0.05) is 20.8 Å². The second kappa shape index (κ2) is 12.2. The van der Waals surface area contributed by atoms with E-state index in [0.717, 1.165) is 38.5 Å². The summed E-state index contributed by atoms with van der Waals surface area (Å²) >= 11 is 0. The number of carbonyl (C=O) groups excluding carboxylic acids is 1. The summed E-state index contributed by atoms with van der Waals surface area (Å²) in [7, 11) is -4.32. The van der Waals surface area contributed by atoms with Crippen molar-refractivity contribution in [1.82, 2.24) is 5.32 Å². The Hall–Kier alpha value is 0.260. The zero-order valence-corrected chi connectivity index (χ0v) is 25.4. The third kappa shape index (κ3) is 6.19. The van der Waals surface area contributed by atoms with Crippen molar-refractivity contribution >= 4 is 16.0 Å². The molecule has 4 rings (SSSR count). The van der Waals surface area contributed by atoms with Gasteiger partial charge in [-0.25, -0.2) is 8.42 Å². The molecular formula is C26H46NNaO7S. The number of fused-ring (bicyclic) bond motifs is 5. The van der Waals surface area contributed by atoms with Crippen LogP contribution in [-0.4, -0.2) is 59.1 Å². The number of aliphatic hydroxyl groups is 2. The molecule has 8 nitrogen and oxygen atoms in total. The molecule has 204 valence electrons. The number of hydrogen-bond acceptors (Lipinski definition) is 6. The van der Waals surface area contributed by atoms with E-state index in [1.165, 1.54) is 12.8 Å². The van der Waals surface area contributed by atoms with Crippen LogP contribution in [0.1, 0.15) is 85.0 Å². The molecule has 0 aromatic carbocycles. The molecule has 36 heavy (non-hydrogen) atoms. The molecule has 0 heterocycles. The molecule has 0 unspecified atom stereocenters. The quantitative estimate of drug-likeness (QED) is 0.285. The number of carbonyl (C=O) groups is 1. The third-order valence-electron chi connectivity index (χ3n) is 11.0. The van der Waals surface area contributed by atoms with Crippen molar-refractivity contribution in [1.29, 1.82) is 0 Å². The van der Waals surface area contributed by atoms with Crippen molar-refractivity contribution in [3.63, 3.8) is 0 Å². The van der Waals surface area contributed by atoms with E-state index in [2.05, 4.69) is 26.1 Å². The van der Waals surface area contributed by atoms with Gasteiger partial charge in [0.05, 0.1) is 28.1 Å². The van der Waals surface area contributed by atoms with E-state index in [-0.39, 0.29) is 76.4 Å². The molecule has 10 atom stereocenters. The van der Waals surface area contributed by atoms with Crippen LogP contribution < -0.4 is 34.9 Å². The standard InChI is InChI=1S/C26H45NO6S.Na.H2O/c1-16(4-9-24(30)27-12-13-34(31,32)33)20-7-8-21-19-6-5-17-14-18(28)10-11-25(17,2)22(19)15-23(29)26(20,21)3;;/h16-23,28-29H,4-15H2,1-3H3,(H,27,30)(H,31,32,33);;1H2/q;+1;/p-1/t16-,17-,18-,19+,20-,21+,22+,23+,25+,26-;;/m1../s1. The van der Waals surface area contributed by atoms with E-state index in [0.29, 0.717) is 42.4 Å². The van der Waals surface area contributed by atoms with E-state index >= 15 is 0 Å². The minimum absolute atomic E-state index is 0. The van der Waals surface area contributed by atoms with Crippen LogP contribution in [0.4, 0.5) is 0 Å². The van der Waals surface area contributed by atoms with E-state index in [9.17, 15) is 28.0 Å². The van der Waals surface area contributed by atoms with E-state index < -0.39 is 15.9 Å². The van der Waals surface area contributed by atoms with E-state index in [1.54, 1.807) is 0 Å². The van der Waals surface area contributed by atoms with Gasteiger partial charge in [-0.05, 0) is 104 Å². The summed E-state index contributed by atoms with van der Waals surface area (Å²) in [5.41, 5.74) is 0.0922. The van der Waals surface area contributed by atoms with Gasteiger partial charge in [-0.2, -0.15) is 0 Å². The Kier molecular flexibility index (Phi) is 11.0. The zero-order valence-electron chi connectivity index (χ0n) is 22.5. The first-order valence-electron chi connectivity index (χ1n) is 13.4.